The summed E-state index contributed by atoms with van der Waals surface area (Å²) in [6, 6.07) is 12.0. The van der Waals surface area contributed by atoms with Crippen LogP contribution < -0.4 is 20.4 Å². The number of hydrogen-bond donors (Lipinski definition) is 2. The maximum Gasteiger partial charge on any atom is 0.446 e. The van der Waals surface area contributed by atoms with Crippen molar-refractivity contribution in [2.24, 2.45) is 0 Å². The number of rotatable bonds is 9. The molecule has 2 saturated heterocycles. The standard InChI is InChI=1S/C29H32F3N7O2S/c30-29(31,32)42-23-13-11-21(12-14-23)33-25(41)19-24(40)20-7-9-22(10-8-20)34-26-35-27(38-15-3-1-4-16-38)37-28(36-26)39-17-5-2-6-18-39/h7-14H,1-6,15-19H2,(H,33,41)(H,34,35,36,37). The highest BCUT2D eigenvalue weighted by Crippen LogP contribution is 2.37. The summed E-state index contributed by atoms with van der Waals surface area (Å²) in [5.41, 5.74) is -3.04. The van der Waals surface area contributed by atoms with E-state index in [2.05, 4.69) is 20.4 Å². The number of benzene rings is 2. The molecule has 2 aliphatic heterocycles. The lowest BCUT2D eigenvalue weighted by Gasteiger charge is -2.30. The summed E-state index contributed by atoms with van der Waals surface area (Å²) in [7, 11) is 0. The number of hydrogen-bond acceptors (Lipinski definition) is 9. The minimum absolute atomic E-state index is 0.00729. The van der Waals surface area contributed by atoms with Crippen LogP contribution >= 0.6 is 11.8 Å². The van der Waals surface area contributed by atoms with Gasteiger partial charge in [0, 0.05) is 48.0 Å². The molecule has 222 valence electrons. The second-order valence-corrected chi connectivity index (χ2v) is 11.4. The van der Waals surface area contributed by atoms with E-state index in [1.807, 2.05) is 0 Å². The highest BCUT2D eigenvalue weighted by molar-refractivity contribution is 8.00. The number of ketones is 1. The van der Waals surface area contributed by atoms with E-state index in [0.717, 1.165) is 51.9 Å². The van der Waals surface area contributed by atoms with Gasteiger partial charge >= 0.3 is 5.51 Å². The maximum atomic E-state index is 12.7. The number of nitrogens with one attached hydrogen (secondary N) is 2. The van der Waals surface area contributed by atoms with Gasteiger partial charge in [-0.1, -0.05) is 0 Å². The van der Waals surface area contributed by atoms with Crippen LogP contribution in [-0.4, -0.2) is 58.3 Å². The van der Waals surface area contributed by atoms with Crippen molar-refractivity contribution >= 4 is 52.7 Å². The van der Waals surface area contributed by atoms with Crippen molar-refractivity contribution in [2.75, 3.05) is 46.6 Å². The summed E-state index contributed by atoms with van der Waals surface area (Å²) in [6.07, 6.45) is 6.43. The molecular weight excluding hydrogens is 567 g/mol. The first-order valence-corrected chi connectivity index (χ1v) is 14.9. The van der Waals surface area contributed by atoms with E-state index in [0.29, 0.717) is 34.8 Å². The second kappa shape index (κ2) is 13.4. The van der Waals surface area contributed by atoms with E-state index in [1.165, 1.54) is 37.1 Å². The van der Waals surface area contributed by atoms with Crippen molar-refractivity contribution in [1.82, 2.24) is 15.0 Å². The Labute approximate surface area is 246 Å². The monoisotopic (exact) mass is 599 g/mol. The van der Waals surface area contributed by atoms with Gasteiger partial charge in [0.05, 0.1) is 6.42 Å². The van der Waals surface area contributed by atoms with Gasteiger partial charge in [0.25, 0.3) is 0 Å². The molecule has 2 fully saturated rings. The SMILES string of the molecule is O=C(CC(=O)c1ccc(Nc2nc(N3CCCCC3)nc(N3CCCCC3)n2)cc1)Nc1ccc(SC(F)(F)F)cc1. The van der Waals surface area contributed by atoms with E-state index in [4.69, 9.17) is 15.0 Å². The Bertz CT molecular complexity index is 1340. The number of halogens is 3. The number of aromatic nitrogens is 3. The molecule has 2 aliphatic rings. The number of nitrogens with zero attached hydrogens (tertiary/aromatic N) is 5. The normalized spacial score (nSPS) is 15.8. The molecule has 1 amide bonds. The zero-order chi connectivity index (χ0) is 29.5. The van der Waals surface area contributed by atoms with Crippen LogP contribution in [0.15, 0.2) is 53.4 Å². The van der Waals surface area contributed by atoms with Crippen molar-refractivity contribution in [1.29, 1.82) is 0 Å². The molecule has 42 heavy (non-hydrogen) atoms. The van der Waals surface area contributed by atoms with Crippen LogP contribution in [0.25, 0.3) is 0 Å². The van der Waals surface area contributed by atoms with Gasteiger partial charge in [-0.05, 0) is 98.8 Å². The third kappa shape index (κ3) is 8.34. The van der Waals surface area contributed by atoms with Crippen LogP contribution in [0.3, 0.4) is 0 Å². The Morgan fingerprint density at radius 1 is 0.738 bits per heavy atom. The van der Waals surface area contributed by atoms with E-state index in [9.17, 15) is 22.8 Å². The molecule has 3 heterocycles. The van der Waals surface area contributed by atoms with Gasteiger partial charge < -0.3 is 20.4 Å². The molecule has 3 aromatic rings. The Morgan fingerprint density at radius 2 is 1.26 bits per heavy atom. The minimum Gasteiger partial charge on any atom is -0.341 e. The van der Waals surface area contributed by atoms with Crippen molar-refractivity contribution in [3.05, 3.63) is 54.1 Å². The molecule has 0 atom stereocenters. The summed E-state index contributed by atoms with van der Waals surface area (Å²) < 4.78 is 37.5. The second-order valence-electron chi connectivity index (χ2n) is 10.3. The molecular formula is C29H32F3N7O2S. The number of carbonyl (C=O) groups is 2. The molecule has 2 aromatic carbocycles. The third-order valence-corrected chi connectivity index (χ3v) is 7.78. The molecule has 0 unspecified atom stereocenters. The zero-order valence-corrected chi connectivity index (χ0v) is 23.8. The maximum absolute atomic E-state index is 12.7. The molecule has 0 bridgehead atoms. The average Bonchev–Trinajstić information content (AvgIpc) is 2.98. The van der Waals surface area contributed by atoms with Gasteiger partial charge in [-0.25, -0.2) is 0 Å². The van der Waals surface area contributed by atoms with Crippen LogP contribution in [-0.2, 0) is 4.79 Å². The number of carbonyl (C=O) groups excluding carboxylic acids is 2. The largest absolute Gasteiger partial charge is 0.446 e. The van der Waals surface area contributed by atoms with Crippen molar-refractivity contribution in [3.8, 4) is 0 Å². The van der Waals surface area contributed by atoms with E-state index < -0.39 is 17.8 Å². The molecule has 0 aliphatic carbocycles. The van der Waals surface area contributed by atoms with Crippen molar-refractivity contribution < 1.29 is 22.8 Å². The van der Waals surface area contributed by atoms with E-state index in [1.54, 1.807) is 24.3 Å². The number of Topliss-reactive ketones (excluding diaryl/α,β-unsaturated/α-hetero) is 1. The number of alkyl halides is 3. The van der Waals surface area contributed by atoms with Crippen LogP contribution in [0.2, 0.25) is 0 Å². The number of thioether (sulfide) groups is 1. The fourth-order valence-corrected chi connectivity index (χ4v) is 5.48. The van der Waals surface area contributed by atoms with Crippen LogP contribution in [0.5, 0.6) is 0 Å². The Hall–Kier alpha value is -3.87. The first kappa shape index (κ1) is 29.6. The smallest absolute Gasteiger partial charge is 0.341 e. The van der Waals surface area contributed by atoms with Crippen molar-refractivity contribution in [3.63, 3.8) is 0 Å². The quantitative estimate of drug-likeness (QED) is 0.164. The number of piperidine rings is 2. The summed E-state index contributed by atoms with van der Waals surface area (Å²) in [4.78, 5) is 43.7. The van der Waals surface area contributed by atoms with Gasteiger partial charge in [-0.15, -0.1) is 0 Å². The van der Waals surface area contributed by atoms with Gasteiger partial charge in [0.2, 0.25) is 23.8 Å². The van der Waals surface area contributed by atoms with Crippen molar-refractivity contribution in [2.45, 2.75) is 55.3 Å². The van der Waals surface area contributed by atoms with Crippen LogP contribution in [0.1, 0.15) is 55.3 Å². The highest BCUT2D eigenvalue weighted by Gasteiger charge is 2.29. The number of anilines is 5. The van der Waals surface area contributed by atoms with Gasteiger partial charge in [0.15, 0.2) is 5.78 Å². The lowest BCUT2D eigenvalue weighted by atomic mass is 10.1. The molecule has 0 spiro atoms. The summed E-state index contributed by atoms with van der Waals surface area (Å²) in [5, 5.41) is 5.79. The predicted molar refractivity (Wildman–Crippen MR) is 158 cm³/mol. The first-order chi connectivity index (χ1) is 20.2. The van der Waals surface area contributed by atoms with Crippen LogP contribution in [0.4, 0.5) is 42.4 Å². The Morgan fingerprint density at radius 3 is 1.79 bits per heavy atom. The predicted octanol–water partition coefficient (Wildman–Crippen LogP) is 6.42. The molecule has 2 N–H and O–H groups in total. The Kier molecular flexibility index (Phi) is 9.45. The van der Waals surface area contributed by atoms with Crippen LogP contribution in [0, 0.1) is 0 Å². The average molecular weight is 600 g/mol. The van der Waals surface area contributed by atoms with E-state index in [-0.39, 0.29) is 22.4 Å². The Balaban J connectivity index is 1.21. The molecule has 0 saturated carbocycles. The van der Waals surface area contributed by atoms with Gasteiger partial charge in [-0.3, -0.25) is 9.59 Å². The summed E-state index contributed by atoms with van der Waals surface area (Å²) in [5.74, 6) is 0.824. The summed E-state index contributed by atoms with van der Waals surface area (Å²) in [6.45, 7) is 3.65. The van der Waals surface area contributed by atoms with E-state index >= 15 is 0 Å². The number of amides is 1. The minimum atomic E-state index is -4.39. The lowest BCUT2D eigenvalue weighted by molar-refractivity contribution is -0.115. The fraction of sp³-hybridized carbons (Fsp3) is 0.414. The van der Waals surface area contributed by atoms with Gasteiger partial charge in [-0.2, -0.15) is 28.1 Å². The highest BCUT2D eigenvalue weighted by atomic mass is 32.2. The zero-order valence-electron chi connectivity index (χ0n) is 23.0. The molecule has 9 nitrogen and oxygen atoms in total. The molecule has 5 rings (SSSR count). The lowest BCUT2D eigenvalue weighted by Crippen LogP contribution is -2.34. The first-order valence-electron chi connectivity index (χ1n) is 14.0. The molecule has 1 aromatic heterocycles. The molecule has 0 radical (unpaired) electrons. The third-order valence-electron chi connectivity index (χ3n) is 7.05. The molecule has 13 heteroatoms. The summed E-state index contributed by atoms with van der Waals surface area (Å²) >= 11 is -0.235. The van der Waals surface area contributed by atoms with Gasteiger partial charge in [0.1, 0.15) is 0 Å². The topological polar surface area (TPSA) is 103 Å². The fourth-order valence-electron chi connectivity index (χ4n) is 4.94.